The van der Waals surface area contributed by atoms with Crippen molar-refractivity contribution in [1.29, 1.82) is 0 Å². The largest absolute Gasteiger partial charge is 0.361 e. The zero-order valence-electron chi connectivity index (χ0n) is 16.2. The minimum absolute atomic E-state index is 0.0425. The Morgan fingerprint density at radius 3 is 2.60 bits per heavy atom. The number of urea groups is 1. The lowest BCUT2D eigenvalue weighted by Crippen LogP contribution is -2.37. The molecule has 0 aromatic carbocycles. The van der Waals surface area contributed by atoms with Crippen LogP contribution in [0.1, 0.15) is 50.4 Å². The molecule has 7 heteroatoms. The molecule has 7 nitrogen and oxygen atoms in total. The molecule has 0 spiro atoms. The Balaban J connectivity index is 1.94. The summed E-state index contributed by atoms with van der Waals surface area (Å²) >= 11 is 0. The van der Waals surface area contributed by atoms with E-state index in [1.807, 2.05) is 33.9 Å². The van der Waals surface area contributed by atoms with Gasteiger partial charge in [0.25, 0.3) is 0 Å². The maximum absolute atomic E-state index is 12.3. The fourth-order valence-corrected chi connectivity index (χ4v) is 2.80. The topological polar surface area (TPSA) is 85.0 Å². The van der Waals surface area contributed by atoms with Gasteiger partial charge >= 0.3 is 6.03 Å². The van der Waals surface area contributed by atoms with Gasteiger partial charge in [0.2, 0.25) is 0 Å². The smallest absolute Gasteiger partial charge is 0.320 e. The molecule has 2 heterocycles. The van der Waals surface area contributed by atoms with Gasteiger partial charge in [-0.3, -0.25) is 10.00 Å². The molecule has 2 aromatic heterocycles. The van der Waals surface area contributed by atoms with E-state index < -0.39 is 0 Å². The van der Waals surface area contributed by atoms with Gasteiger partial charge < -0.3 is 9.84 Å². The average molecular weight is 347 g/mol. The van der Waals surface area contributed by atoms with E-state index in [1.54, 1.807) is 4.68 Å². The highest BCUT2D eigenvalue weighted by molar-refractivity contribution is 5.88. The van der Waals surface area contributed by atoms with Crippen LogP contribution < -0.4 is 10.6 Å². The second-order valence-corrected chi connectivity index (χ2v) is 7.89. The molecule has 0 radical (unpaired) electrons. The van der Waals surface area contributed by atoms with Crippen LogP contribution in [0.15, 0.2) is 10.6 Å². The van der Waals surface area contributed by atoms with Crippen molar-refractivity contribution in [2.24, 2.45) is 12.5 Å². The molecule has 2 aromatic rings. The molecule has 2 amide bonds. The molecule has 2 N–H and O–H groups in total. The Kier molecular flexibility index (Phi) is 5.55. The average Bonchev–Trinajstić information content (AvgIpc) is 2.93. The summed E-state index contributed by atoms with van der Waals surface area (Å²) in [6.07, 6.45) is 1.53. The summed E-state index contributed by atoms with van der Waals surface area (Å²) in [7, 11) is 1.83. The van der Waals surface area contributed by atoms with Crippen LogP contribution in [0.5, 0.6) is 0 Å². The van der Waals surface area contributed by atoms with Crippen molar-refractivity contribution in [2.45, 2.75) is 60.4 Å². The molecule has 1 atom stereocenters. The summed E-state index contributed by atoms with van der Waals surface area (Å²) in [4.78, 5) is 12.3. The molecule has 0 saturated heterocycles. The van der Waals surface area contributed by atoms with E-state index >= 15 is 0 Å². The zero-order valence-corrected chi connectivity index (χ0v) is 16.2. The molecule has 0 bridgehead atoms. The van der Waals surface area contributed by atoms with Gasteiger partial charge in [0.05, 0.1) is 11.4 Å². The third-order valence-electron chi connectivity index (χ3n) is 3.95. The van der Waals surface area contributed by atoms with Crippen LogP contribution in [-0.4, -0.2) is 27.0 Å². The first-order valence-corrected chi connectivity index (χ1v) is 8.57. The SMILES string of the molecule is Cc1noc(C)c1CC(C)NC(=O)Nc1cc(CC(C)(C)C)nn1C. The quantitative estimate of drug-likeness (QED) is 0.868. The van der Waals surface area contributed by atoms with Crippen molar-refractivity contribution in [2.75, 3.05) is 5.32 Å². The number of aromatic nitrogens is 3. The Labute approximate surface area is 149 Å². The fourth-order valence-electron chi connectivity index (χ4n) is 2.80. The van der Waals surface area contributed by atoms with E-state index in [9.17, 15) is 4.79 Å². The van der Waals surface area contributed by atoms with Crippen molar-refractivity contribution in [3.8, 4) is 0 Å². The third-order valence-corrected chi connectivity index (χ3v) is 3.95. The first kappa shape index (κ1) is 19.0. The summed E-state index contributed by atoms with van der Waals surface area (Å²) in [6.45, 7) is 12.2. The molecule has 0 saturated carbocycles. The second kappa shape index (κ2) is 7.29. The molecular formula is C18H29N5O2. The molecular weight excluding hydrogens is 318 g/mol. The lowest BCUT2D eigenvalue weighted by Gasteiger charge is -2.15. The van der Waals surface area contributed by atoms with Crippen molar-refractivity contribution in [3.63, 3.8) is 0 Å². The molecule has 0 fully saturated rings. The molecule has 138 valence electrons. The van der Waals surface area contributed by atoms with Gasteiger partial charge in [-0.15, -0.1) is 0 Å². The van der Waals surface area contributed by atoms with E-state index in [-0.39, 0.29) is 17.5 Å². The first-order valence-electron chi connectivity index (χ1n) is 8.57. The number of aryl methyl sites for hydroxylation is 3. The first-order chi connectivity index (χ1) is 11.5. The Bertz CT molecular complexity index is 720. The molecule has 1 unspecified atom stereocenters. The maximum atomic E-state index is 12.3. The summed E-state index contributed by atoms with van der Waals surface area (Å²) in [5.74, 6) is 1.48. The van der Waals surface area contributed by atoms with E-state index in [4.69, 9.17) is 4.52 Å². The molecule has 2 rings (SSSR count). The lowest BCUT2D eigenvalue weighted by atomic mass is 9.91. The number of hydrogen-bond donors (Lipinski definition) is 2. The molecule has 0 aliphatic rings. The lowest BCUT2D eigenvalue weighted by molar-refractivity contribution is 0.249. The predicted molar refractivity (Wildman–Crippen MR) is 97.7 cm³/mol. The maximum Gasteiger partial charge on any atom is 0.320 e. The number of nitrogens with one attached hydrogen (secondary N) is 2. The minimum atomic E-state index is -0.246. The van der Waals surface area contributed by atoms with Crippen LogP contribution in [0, 0.1) is 19.3 Å². The van der Waals surface area contributed by atoms with Crippen LogP contribution in [-0.2, 0) is 19.9 Å². The number of rotatable bonds is 5. The van der Waals surface area contributed by atoms with Gasteiger partial charge in [0.1, 0.15) is 11.6 Å². The number of carbonyl (C=O) groups excluding carboxylic acids is 1. The van der Waals surface area contributed by atoms with Gasteiger partial charge in [-0.05, 0) is 39.0 Å². The van der Waals surface area contributed by atoms with E-state index in [0.29, 0.717) is 12.2 Å². The Morgan fingerprint density at radius 1 is 1.36 bits per heavy atom. The fraction of sp³-hybridized carbons (Fsp3) is 0.611. The highest BCUT2D eigenvalue weighted by atomic mass is 16.5. The monoisotopic (exact) mass is 347 g/mol. The van der Waals surface area contributed by atoms with Crippen LogP contribution in [0.2, 0.25) is 0 Å². The third kappa shape index (κ3) is 5.34. The number of carbonyl (C=O) groups is 1. The minimum Gasteiger partial charge on any atom is -0.361 e. The van der Waals surface area contributed by atoms with Gasteiger partial charge in [-0.2, -0.15) is 5.10 Å². The van der Waals surface area contributed by atoms with Crippen molar-refractivity contribution in [1.82, 2.24) is 20.3 Å². The molecule has 0 aliphatic heterocycles. The summed E-state index contributed by atoms with van der Waals surface area (Å²) < 4.78 is 6.86. The van der Waals surface area contributed by atoms with Crippen molar-refractivity contribution < 1.29 is 9.32 Å². The van der Waals surface area contributed by atoms with Crippen LogP contribution in [0.4, 0.5) is 10.6 Å². The number of anilines is 1. The van der Waals surface area contributed by atoms with E-state index in [0.717, 1.165) is 29.1 Å². The second-order valence-electron chi connectivity index (χ2n) is 7.89. The number of nitrogens with zero attached hydrogens (tertiary/aromatic N) is 3. The van der Waals surface area contributed by atoms with Crippen LogP contribution in [0.25, 0.3) is 0 Å². The molecule has 0 aliphatic carbocycles. The van der Waals surface area contributed by atoms with Gasteiger partial charge in [0, 0.05) is 24.7 Å². The van der Waals surface area contributed by atoms with E-state index in [2.05, 4.69) is 41.7 Å². The zero-order chi connectivity index (χ0) is 18.8. The summed E-state index contributed by atoms with van der Waals surface area (Å²) in [5, 5.41) is 14.2. The van der Waals surface area contributed by atoms with Crippen molar-refractivity contribution >= 4 is 11.8 Å². The Hall–Kier alpha value is -2.31. The number of amides is 2. The Morgan fingerprint density at radius 2 is 2.04 bits per heavy atom. The summed E-state index contributed by atoms with van der Waals surface area (Å²) in [5.41, 5.74) is 3.02. The van der Waals surface area contributed by atoms with Gasteiger partial charge in [-0.1, -0.05) is 25.9 Å². The normalized spacial score (nSPS) is 12.9. The molecule has 25 heavy (non-hydrogen) atoms. The highest BCUT2D eigenvalue weighted by Gasteiger charge is 2.17. The van der Waals surface area contributed by atoms with Crippen LogP contribution in [0.3, 0.4) is 0 Å². The van der Waals surface area contributed by atoms with Crippen LogP contribution >= 0.6 is 0 Å². The van der Waals surface area contributed by atoms with Gasteiger partial charge in [0.15, 0.2) is 0 Å². The van der Waals surface area contributed by atoms with Crippen molar-refractivity contribution in [3.05, 3.63) is 28.8 Å². The van der Waals surface area contributed by atoms with E-state index in [1.165, 1.54) is 0 Å². The van der Waals surface area contributed by atoms with Gasteiger partial charge in [-0.25, -0.2) is 4.79 Å². The number of hydrogen-bond acceptors (Lipinski definition) is 4. The highest BCUT2D eigenvalue weighted by Crippen LogP contribution is 2.21. The standard InChI is InChI=1S/C18H29N5O2/c1-11(8-15-12(2)22-25-13(15)3)19-17(24)20-16-9-14(21-23(16)7)10-18(4,5)6/h9,11H,8,10H2,1-7H3,(H2,19,20,24). The predicted octanol–water partition coefficient (Wildman–Crippen LogP) is 3.37. The summed E-state index contributed by atoms with van der Waals surface area (Å²) in [6, 6.07) is 1.63.